The van der Waals surface area contributed by atoms with E-state index in [0.29, 0.717) is 35.2 Å². The Bertz CT molecular complexity index is 888. The number of ether oxygens (including phenoxy) is 2. The molecule has 0 saturated carbocycles. The quantitative estimate of drug-likeness (QED) is 0.304. The SMILES string of the molecule is COc1ccc(C(=O)NC(=S)NNC(=O)c2ccc(OCC(C)C)cc2)cc1I. The molecule has 154 valence electrons. The number of hydrogen-bond acceptors (Lipinski definition) is 5. The summed E-state index contributed by atoms with van der Waals surface area (Å²) in [6.07, 6.45) is 0. The van der Waals surface area contributed by atoms with Crippen molar-refractivity contribution in [1.29, 1.82) is 0 Å². The summed E-state index contributed by atoms with van der Waals surface area (Å²) in [4.78, 5) is 24.5. The molecule has 2 rings (SSSR count). The van der Waals surface area contributed by atoms with Gasteiger partial charge in [-0.3, -0.25) is 25.8 Å². The Hall–Kier alpha value is -2.40. The molecule has 7 nitrogen and oxygen atoms in total. The van der Waals surface area contributed by atoms with Gasteiger partial charge in [0.15, 0.2) is 5.11 Å². The van der Waals surface area contributed by atoms with E-state index in [0.717, 1.165) is 3.57 Å². The van der Waals surface area contributed by atoms with Gasteiger partial charge in [-0.25, -0.2) is 0 Å². The highest BCUT2D eigenvalue weighted by atomic mass is 127. The van der Waals surface area contributed by atoms with E-state index in [1.54, 1.807) is 49.6 Å². The van der Waals surface area contributed by atoms with Gasteiger partial charge in [0.2, 0.25) is 0 Å². The maximum absolute atomic E-state index is 12.3. The van der Waals surface area contributed by atoms with E-state index >= 15 is 0 Å². The highest BCUT2D eigenvalue weighted by Crippen LogP contribution is 2.21. The molecule has 3 N–H and O–H groups in total. The Kier molecular flexibility index (Phi) is 8.65. The molecule has 0 unspecified atom stereocenters. The van der Waals surface area contributed by atoms with Crippen molar-refractivity contribution in [3.63, 3.8) is 0 Å². The molecule has 0 aromatic heterocycles. The van der Waals surface area contributed by atoms with Crippen LogP contribution in [0.15, 0.2) is 42.5 Å². The van der Waals surface area contributed by atoms with Crippen LogP contribution in [0.5, 0.6) is 11.5 Å². The van der Waals surface area contributed by atoms with Crippen LogP contribution >= 0.6 is 34.8 Å². The average molecular weight is 527 g/mol. The fourth-order valence-electron chi connectivity index (χ4n) is 2.17. The van der Waals surface area contributed by atoms with Gasteiger partial charge >= 0.3 is 0 Å². The highest BCUT2D eigenvalue weighted by Gasteiger charge is 2.12. The fourth-order valence-corrected chi connectivity index (χ4v) is 3.04. The van der Waals surface area contributed by atoms with E-state index in [-0.39, 0.29) is 5.11 Å². The number of thiocarbonyl (C=S) groups is 1. The first-order chi connectivity index (χ1) is 13.8. The second kappa shape index (κ2) is 11.0. The molecule has 2 amide bonds. The third kappa shape index (κ3) is 7.17. The Labute approximate surface area is 188 Å². The minimum Gasteiger partial charge on any atom is -0.496 e. The minimum absolute atomic E-state index is 0.0222. The third-order valence-corrected chi connectivity index (χ3v) is 4.68. The first kappa shape index (κ1) is 22.9. The van der Waals surface area contributed by atoms with E-state index < -0.39 is 11.8 Å². The van der Waals surface area contributed by atoms with Gasteiger partial charge in [-0.2, -0.15) is 0 Å². The molecule has 29 heavy (non-hydrogen) atoms. The molecule has 0 spiro atoms. The lowest BCUT2D eigenvalue weighted by molar-refractivity contribution is 0.0934. The number of hydrazine groups is 1. The Morgan fingerprint density at radius 3 is 2.28 bits per heavy atom. The van der Waals surface area contributed by atoms with Crippen molar-refractivity contribution in [3.8, 4) is 11.5 Å². The fraction of sp³-hybridized carbons (Fsp3) is 0.250. The molecule has 2 aromatic carbocycles. The van der Waals surface area contributed by atoms with Gasteiger partial charge in [-0.05, 0) is 83.2 Å². The standard InChI is InChI=1S/C20H22IN3O4S/c1-12(2)11-28-15-7-4-13(5-8-15)19(26)23-24-20(29)22-18(25)14-6-9-17(27-3)16(21)10-14/h4-10,12H,11H2,1-3H3,(H,23,26)(H2,22,24,25,29). The number of carbonyl (C=O) groups is 2. The molecule has 0 saturated heterocycles. The van der Waals surface area contributed by atoms with Crippen LogP contribution < -0.4 is 25.6 Å². The molecule has 9 heteroatoms. The maximum Gasteiger partial charge on any atom is 0.269 e. The average Bonchev–Trinajstić information content (AvgIpc) is 2.70. The van der Waals surface area contributed by atoms with Crippen LogP contribution in [-0.4, -0.2) is 30.6 Å². The van der Waals surface area contributed by atoms with Crippen LogP contribution in [0.25, 0.3) is 0 Å². The first-order valence-corrected chi connectivity index (χ1v) is 10.3. The molecule has 0 heterocycles. The van der Waals surface area contributed by atoms with Crippen molar-refractivity contribution >= 4 is 51.7 Å². The Morgan fingerprint density at radius 1 is 1.03 bits per heavy atom. The second-order valence-corrected chi connectivity index (χ2v) is 8.01. The lowest BCUT2D eigenvalue weighted by Crippen LogP contribution is -2.48. The molecular weight excluding hydrogens is 505 g/mol. The van der Waals surface area contributed by atoms with Crippen molar-refractivity contribution in [2.75, 3.05) is 13.7 Å². The number of halogens is 1. The zero-order valence-corrected chi connectivity index (χ0v) is 19.2. The normalized spacial score (nSPS) is 10.2. The number of amides is 2. The van der Waals surface area contributed by atoms with Gasteiger partial charge in [0.05, 0.1) is 17.3 Å². The monoisotopic (exact) mass is 527 g/mol. The molecule has 2 aromatic rings. The molecular formula is C20H22IN3O4S. The van der Waals surface area contributed by atoms with Crippen molar-refractivity contribution in [2.24, 2.45) is 5.92 Å². The van der Waals surface area contributed by atoms with Gasteiger partial charge in [0.25, 0.3) is 11.8 Å². The highest BCUT2D eigenvalue weighted by molar-refractivity contribution is 14.1. The number of hydrogen-bond donors (Lipinski definition) is 3. The van der Waals surface area contributed by atoms with Crippen LogP contribution in [0.1, 0.15) is 34.6 Å². The summed E-state index contributed by atoms with van der Waals surface area (Å²) in [5.41, 5.74) is 5.81. The van der Waals surface area contributed by atoms with Gasteiger partial charge in [-0.1, -0.05) is 13.8 Å². The van der Waals surface area contributed by atoms with E-state index in [9.17, 15) is 9.59 Å². The molecule has 0 aliphatic carbocycles. The lowest BCUT2D eigenvalue weighted by Gasteiger charge is -2.12. The predicted octanol–water partition coefficient (Wildman–Crippen LogP) is 3.28. The topological polar surface area (TPSA) is 88.7 Å². The minimum atomic E-state index is -0.399. The summed E-state index contributed by atoms with van der Waals surface area (Å²) in [6.45, 7) is 4.73. The van der Waals surface area contributed by atoms with Crippen molar-refractivity contribution < 1.29 is 19.1 Å². The first-order valence-electron chi connectivity index (χ1n) is 8.78. The predicted molar refractivity (Wildman–Crippen MR) is 123 cm³/mol. The third-order valence-electron chi connectivity index (χ3n) is 3.63. The summed E-state index contributed by atoms with van der Waals surface area (Å²) in [6, 6.07) is 11.7. The van der Waals surface area contributed by atoms with Crippen molar-refractivity contribution in [3.05, 3.63) is 57.2 Å². The number of benzene rings is 2. The molecule has 0 bridgehead atoms. The van der Waals surface area contributed by atoms with E-state index in [2.05, 4.69) is 52.6 Å². The zero-order chi connectivity index (χ0) is 21.4. The smallest absolute Gasteiger partial charge is 0.269 e. The molecule has 0 atom stereocenters. The summed E-state index contributed by atoms with van der Waals surface area (Å²) in [5, 5.41) is 2.48. The maximum atomic E-state index is 12.3. The van der Waals surface area contributed by atoms with Crippen LogP contribution in [0.2, 0.25) is 0 Å². The Morgan fingerprint density at radius 2 is 1.69 bits per heavy atom. The van der Waals surface area contributed by atoms with Crippen LogP contribution in [0, 0.1) is 9.49 Å². The second-order valence-electron chi connectivity index (χ2n) is 6.44. The number of nitrogens with one attached hydrogen (secondary N) is 3. The lowest BCUT2D eigenvalue weighted by atomic mass is 10.2. The zero-order valence-electron chi connectivity index (χ0n) is 16.2. The largest absolute Gasteiger partial charge is 0.496 e. The van der Waals surface area contributed by atoms with Crippen LogP contribution in [0.4, 0.5) is 0 Å². The van der Waals surface area contributed by atoms with E-state index in [4.69, 9.17) is 21.7 Å². The number of rotatable bonds is 6. The van der Waals surface area contributed by atoms with Gasteiger partial charge in [0, 0.05) is 11.1 Å². The molecule has 0 aliphatic rings. The summed E-state index contributed by atoms with van der Waals surface area (Å²) >= 11 is 7.13. The van der Waals surface area contributed by atoms with Crippen molar-refractivity contribution in [2.45, 2.75) is 13.8 Å². The van der Waals surface area contributed by atoms with Gasteiger partial charge < -0.3 is 9.47 Å². The number of methoxy groups -OCH3 is 1. The van der Waals surface area contributed by atoms with Crippen molar-refractivity contribution in [1.82, 2.24) is 16.2 Å². The van der Waals surface area contributed by atoms with E-state index in [1.807, 2.05) is 0 Å². The van der Waals surface area contributed by atoms with Crippen LogP contribution in [-0.2, 0) is 0 Å². The molecule has 0 fully saturated rings. The van der Waals surface area contributed by atoms with E-state index in [1.165, 1.54) is 0 Å². The summed E-state index contributed by atoms with van der Waals surface area (Å²) in [7, 11) is 1.56. The Balaban J connectivity index is 1.84. The van der Waals surface area contributed by atoms with Crippen LogP contribution in [0.3, 0.4) is 0 Å². The molecule has 0 aliphatic heterocycles. The van der Waals surface area contributed by atoms with Gasteiger partial charge in [0.1, 0.15) is 11.5 Å². The molecule has 0 radical (unpaired) electrons. The number of carbonyl (C=O) groups excluding carboxylic acids is 2. The summed E-state index contributed by atoms with van der Waals surface area (Å²) in [5.74, 6) is 0.996. The van der Waals surface area contributed by atoms with Gasteiger partial charge in [-0.15, -0.1) is 0 Å². The summed E-state index contributed by atoms with van der Waals surface area (Å²) < 4.78 is 11.5.